The molecule has 2 aromatic rings. The molecule has 1 aromatic heterocycles. The van der Waals surface area contributed by atoms with E-state index in [0.717, 1.165) is 5.56 Å². The standard InChI is InChI=1S/C14H14BrNO2/c1-9-3-4-11(10(2)7-9)8-16-14(17)12-5-6-13(15)18-12/h3-7H,8H2,1-2H3,(H,16,17). The van der Waals surface area contributed by atoms with Crippen molar-refractivity contribution in [3.8, 4) is 0 Å². The molecule has 1 amide bonds. The molecule has 0 bridgehead atoms. The molecule has 0 saturated carbocycles. The minimum Gasteiger partial charge on any atom is -0.444 e. The number of furan rings is 1. The Kier molecular flexibility index (Phi) is 3.87. The maximum absolute atomic E-state index is 11.8. The van der Waals surface area contributed by atoms with Gasteiger partial charge in [-0.25, -0.2) is 0 Å². The first-order valence-electron chi connectivity index (χ1n) is 5.66. The summed E-state index contributed by atoms with van der Waals surface area (Å²) < 4.78 is 5.74. The lowest BCUT2D eigenvalue weighted by Gasteiger charge is -2.07. The van der Waals surface area contributed by atoms with Crippen LogP contribution in [0, 0.1) is 13.8 Å². The lowest BCUT2D eigenvalue weighted by molar-refractivity contribution is 0.0922. The minimum atomic E-state index is -0.208. The summed E-state index contributed by atoms with van der Waals surface area (Å²) in [5.74, 6) is 0.104. The number of halogens is 1. The van der Waals surface area contributed by atoms with Crippen LogP contribution in [0.25, 0.3) is 0 Å². The van der Waals surface area contributed by atoms with Crippen molar-refractivity contribution in [1.29, 1.82) is 0 Å². The molecule has 1 heterocycles. The van der Waals surface area contributed by atoms with E-state index < -0.39 is 0 Å². The van der Waals surface area contributed by atoms with Crippen LogP contribution in [0.2, 0.25) is 0 Å². The SMILES string of the molecule is Cc1ccc(CNC(=O)c2ccc(Br)o2)c(C)c1. The molecule has 2 rings (SSSR count). The highest BCUT2D eigenvalue weighted by Crippen LogP contribution is 2.14. The lowest BCUT2D eigenvalue weighted by atomic mass is 10.1. The van der Waals surface area contributed by atoms with Crippen LogP contribution in [-0.4, -0.2) is 5.91 Å². The van der Waals surface area contributed by atoms with Crippen LogP contribution in [-0.2, 0) is 6.54 Å². The first-order valence-corrected chi connectivity index (χ1v) is 6.45. The van der Waals surface area contributed by atoms with Crippen LogP contribution in [0.4, 0.5) is 0 Å². The highest BCUT2D eigenvalue weighted by atomic mass is 79.9. The fourth-order valence-electron chi connectivity index (χ4n) is 1.74. The number of hydrogen-bond donors (Lipinski definition) is 1. The minimum absolute atomic E-state index is 0.208. The molecule has 0 fully saturated rings. The number of carbonyl (C=O) groups excluding carboxylic acids is 1. The third-order valence-corrected chi connectivity index (χ3v) is 3.16. The molecule has 0 aliphatic carbocycles. The van der Waals surface area contributed by atoms with Crippen molar-refractivity contribution >= 4 is 21.8 Å². The van der Waals surface area contributed by atoms with Crippen LogP contribution < -0.4 is 5.32 Å². The molecule has 0 spiro atoms. The lowest BCUT2D eigenvalue weighted by Crippen LogP contribution is -2.22. The maximum Gasteiger partial charge on any atom is 0.287 e. The predicted molar refractivity (Wildman–Crippen MR) is 73.5 cm³/mol. The van der Waals surface area contributed by atoms with Crippen molar-refractivity contribution in [2.24, 2.45) is 0 Å². The van der Waals surface area contributed by atoms with Gasteiger partial charge in [-0.05, 0) is 53.0 Å². The Morgan fingerprint density at radius 1 is 1.28 bits per heavy atom. The van der Waals surface area contributed by atoms with Gasteiger partial charge in [-0.2, -0.15) is 0 Å². The zero-order valence-electron chi connectivity index (χ0n) is 10.3. The fraction of sp³-hybridized carbons (Fsp3) is 0.214. The molecule has 4 heteroatoms. The van der Waals surface area contributed by atoms with E-state index in [2.05, 4.69) is 34.2 Å². The van der Waals surface area contributed by atoms with Crippen molar-refractivity contribution in [2.45, 2.75) is 20.4 Å². The van der Waals surface area contributed by atoms with E-state index in [1.54, 1.807) is 12.1 Å². The number of hydrogen-bond acceptors (Lipinski definition) is 2. The molecule has 0 unspecified atom stereocenters. The number of amides is 1. The van der Waals surface area contributed by atoms with E-state index in [-0.39, 0.29) is 5.91 Å². The summed E-state index contributed by atoms with van der Waals surface area (Å²) in [4.78, 5) is 11.8. The molecule has 18 heavy (non-hydrogen) atoms. The number of rotatable bonds is 3. The molecule has 1 aromatic carbocycles. The highest BCUT2D eigenvalue weighted by Gasteiger charge is 2.10. The van der Waals surface area contributed by atoms with Crippen molar-refractivity contribution < 1.29 is 9.21 Å². The summed E-state index contributed by atoms with van der Waals surface area (Å²) in [6.07, 6.45) is 0. The van der Waals surface area contributed by atoms with E-state index in [1.807, 2.05) is 19.1 Å². The first-order chi connectivity index (χ1) is 8.56. The number of nitrogens with one attached hydrogen (secondary N) is 1. The van der Waals surface area contributed by atoms with Crippen LogP contribution in [0.3, 0.4) is 0 Å². The van der Waals surface area contributed by atoms with E-state index in [1.165, 1.54) is 11.1 Å². The number of aryl methyl sites for hydroxylation is 2. The van der Waals surface area contributed by atoms with Gasteiger partial charge in [0.15, 0.2) is 10.4 Å². The normalized spacial score (nSPS) is 10.4. The summed E-state index contributed by atoms with van der Waals surface area (Å²) in [7, 11) is 0. The zero-order chi connectivity index (χ0) is 13.1. The summed E-state index contributed by atoms with van der Waals surface area (Å²) >= 11 is 3.17. The van der Waals surface area contributed by atoms with Gasteiger partial charge in [-0.15, -0.1) is 0 Å². The van der Waals surface area contributed by atoms with Gasteiger partial charge in [0.2, 0.25) is 0 Å². The molecule has 3 nitrogen and oxygen atoms in total. The highest BCUT2D eigenvalue weighted by molar-refractivity contribution is 9.10. The van der Waals surface area contributed by atoms with Crippen LogP contribution in [0.1, 0.15) is 27.2 Å². The van der Waals surface area contributed by atoms with Crippen LogP contribution in [0.15, 0.2) is 39.4 Å². The molecule has 0 aliphatic rings. The van der Waals surface area contributed by atoms with Crippen LogP contribution >= 0.6 is 15.9 Å². The second-order valence-electron chi connectivity index (χ2n) is 4.22. The van der Waals surface area contributed by atoms with E-state index in [9.17, 15) is 4.79 Å². The van der Waals surface area contributed by atoms with Gasteiger partial charge in [-0.3, -0.25) is 4.79 Å². The second-order valence-corrected chi connectivity index (χ2v) is 5.00. The largest absolute Gasteiger partial charge is 0.444 e. The predicted octanol–water partition coefficient (Wildman–Crippen LogP) is 3.59. The van der Waals surface area contributed by atoms with Gasteiger partial charge in [0.1, 0.15) is 0 Å². The molecular formula is C14H14BrNO2. The maximum atomic E-state index is 11.8. The van der Waals surface area contributed by atoms with E-state index in [0.29, 0.717) is 17.0 Å². The van der Waals surface area contributed by atoms with Gasteiger partial charge < -0.3 is 9.73 Å². The quantitative estimate of drug-likeness (QED) is 0.941. The third-order valence-electron chi connectivity index (χ3n) is 2.73. The van der Waals surface area contributed by atoms with Crippen molar-refractivity contribution in [3.63, 3.8) is 0 Å². The first kappa shape index (κ1) is 12.9. The Bertz CT molecular complexity index is 575. The second kappa shape index (κ2) is 5.40. The fourth-order valence-corrected chi connectivity index (χ4v) is 2.05. The molecule has 1 N–H and O–H groups in total. The molecular weight excluding hydrogens is 294 g/mol. The molecule has 0 atom stereocenters. The third kappa shape index (κ3) is 3.01. The summed E-state index contributed by atoms with van der Waals surface area (Å²) in [6.45, 7) is 4.59. The summed E-state index contributed by atoms with van der Waals surface area (Å²) in [5, 5.41) is 2.84. The number of benzene rings is 1. The number of carbonyl (C=O) groups is 1. The van der Waals surface area contributed by atoms with Gasteiger partial charge in [-0.1, -0.05) is 23.8 Å². The van der Waals surface area contributed by atoms with Gasteiger partial charge in [0.05, 0.1) is 0 Å². The molecule has 0 saturated heterocycles. The average molecular weight is 308 g/mol. The van der Waals surface area contributed by atoms with Gasteiger partial charge in [0, 0.05) is 6.54 Å². The smallest absolute Gasteiger partial charge is 0.287 e. The zero-order valence-corrected chi connectivity index (χ0v) is 11.9. The Balaban J connectivity index is 2.01. The van der Waals surface area contributed by atoms with Crippen molar-refractivity contribution in [1.82, 2.24) is 5.32 Å². The Labute approximate surface area is 114 Å². The topological polar surface area (TPSA) is 42.2 Å². The Morgan fingerprint density at radius 2 is 2.06 bits per heavy atom. The average Bonchev–Trinajstić information content (AvgIpc) is 2.74. The van der Waals surface area contributed by atoms with E-state index >= 15 is 0 Å². The van der Waals surface area contributed by atoms with Gasteiger partial charge in [0.25, 0.3) is 5.91 Å². The van der Waals surface area contributed by atoms with Crippen molar-refractivity contribution in [3.05, 3.63) is 57.5 Å². The van der Waals surface area contributed by atoms with E-state index in [4.69, 9.17) is 4.42 Å². The van der Waals surface area contributed by atoms with Crippen molar-refractivity contribution in [2.75, 3.05) is 0 Å². The molecule has 0 radical (unpaired) electrons. The van der Waals surface area contributed by atoms with Gasteiger partial charge >= 0.3 is 0 Å². The summed E-state index contributed by atoms with van der Waals surface area (Å²) in [5.41, 5.74) is 3.51. The monoisotopic (exact) mass is 307 g/mol. The summed E-state index contributed by atoms with van der Waals surface area (Å²) in [6, 6.07) is 9.51. The Morgan fingerprint density at radius 3 is 2.67 bits per heavy atom. The Hall–Kier alpha value is -1.55. The molecule has 94 valence electrons. The van der Waals surface area contributed by atoms with Crippen LogP contribution in [0.5, 0.6) is 0 Å². The molecule has 0 aliphatic heterocycles.